The van der Waals surface area contributed by atoms with Gasteiger partial charge in [0.25, 0.3) is 0 Å². The molecule has 0 aliphatic carbocycles. The zero-order chi connectivity index (χ0) is 17.3. The summed E-state index contributed by atoms with van der Waals surface area (Å²) in [5.74, 6) is 0.145. The molecule has 130 valence electrons. The summed E-state index contributed by atoms with van der Waals surface area (Å²) in [6, 6.07) is 7.93. The molecule has 0 aromatic heterocycles. The van der Waals surface area contributed by atoms with E-state index in [2.05, 4.69) is 11.9 Å². The van der Waals surface area contributed by atoms with Crippen molar-refractivity contribution in [3.8, 4) is 0 Å². The average Bonchev–Trinajstić information content (AvgIpc) is 2.98. The van der Waals surface area contributed by atoms with E-state index in [-0.39, 0.29) is 28.7 Å². The highest BCUT2D eigenvalue weighted by Crippen LogP contribution is 2.41. The predicted octanol–water partition coefficient (Wildman–Crippen LogP) is 2.65. The maximum absolute atomic E-state index is 12.0. The van der Waals surface area contributed by atoms with Crippen LogP contribution in [0.2, 0.25) is 0 Å². The number of aryl methyl sites for hydroxylation is 1. The molecule has 2 saturated heterocycles. The van der Waals surface area contributed by atoms with Crippen molar-refractivity contribution in [3.63, 3.8) is 0 Å². The Hall–Kier alpha value is -1.34. The van der Waals surface area contributed by atoms with Crippen LogP contribution >= 0.6 is 11.8 Å². The van der Waals surface area contributed by atoms with Crippen LogP contribution in [0.4, 0.5) is 5.69 Å². The molecule has 0 N–H and O–H groups in total. The van der Waals surface area contributed by atoms with Crippen LogP contribution in [0.5, 0.6) is 0 Å². The number of amides is 1. The number of nitrogens with zero attached hydrogens (tertiary/aromatic N) is 2. The zero-order valence-corrected chi connectivity index (χ0v) is 15.6. The Morgan fingerprint density at radius 2 is 1.96 bits per heavy atom. The lowest BCUT2D eigenvalue weighted by molar-refractivity contribution is -0.117. The first kappa shape index (κ1) is 17.5. The smallest absolute Gasteiger partial charge is 0.248 e. The minimum Gasteiger partial charge on any atom is -0.316 e. The third kappa shape index (κ3) is 3.52. The lowest BCUT2D eigenvalue weighted by Gasteiger charge is -2.24. The van der Waals surface area contributed by atoms with Crippen molar-refractivity contribution in [2.75, 3.05) is 16.4 Å². The third-order valence-corrected chi connectivity index (χ3v) is 7.58. The Labute approximate surface area is 147 Å². The number of anilines is 1. The van der Waals surface area contributed by atoms with E-state index < -0.39 is 9.84 Å². The van der Waals surface area contributed by atoms with Gasteiger partial charge in [-0.25, -0.2) is 8.42 Å². The van der Waals surface area contributed by atoms with Gasteiger partial charge in [0.2, 0.25) is 5.91 Å². The maximum Gasteiger partial charge on any atom is 0.248 e. The highest BCUT2D eigenvalue weighted by molar-refractivity contribution is 8.16. The number of thioether (sulfide) groups is 1. The van der Waals surface area contributed by atoms with E-state index in [0.29, 0.717) is 11.6 Å². The van der Waals surface area contributed by atoms with Crippen molar-refractivity contribution in [1.82, 2.24) is 0 Å². The molecule has 0 bridgehead atoms. The molecule has 1 aromatic carbocycles. The quantitative estimate of drug-likeness (QED) is 0.819. The number of carbonyl (C=O) groups is 1. The first-order chi connectivity index (χ1) is 11.4. The average molecular weight is 367 g/mol. The molecule has 2 atom stereocenters. The summed E-state index contributed by atoms with van der Waals surface area (Å²) in [4.78, 5) is 18.2. The normalized spacial score (nSPS) is 26.8. The van der Waals surface area contributed by atoms with Gasteiger partial charge in [0, 0.05) is 17.4 Å². The van der Waals surface area contributed by atoms with Gasteiger partial charge in [-0.3, -0.25) is 4.79 Å². The molecule has 1 aromatic rings. The van der Waals surface area contributed by atoms with Gasteiger partial charge >= 0.3 is 0 Å². The van der Waals surface area contributed by atoms with Gasteiger partial charge in [0.05, 0.1) is 17.5 Å². The number of hydrogen-bond donors (Lipinski definition) is 0. The molecular formula is C17H22N2O3S2. The SMILES string of the molecule is CCCC(=O)N=C1S[C@@H]2CS(=O)(=O)C[C@@H]2N1c1ccc(CC)cc1. The molecule has 7 heteroatoms. The van der Waals surface area contributed by atoms with Crippen molar-refractivity contribution in [2.24, 2.45) is 4.99 Å². The number of fused-ring (bicyclic) bond motifs is 1. The second kappa shape index (κ2) is 6.88. The minimum absolute atomic E-state index is 0.0472. The van der Waals surface area contributed by atoms with Crippen LogP contribution in [-0.2, 0) is 21.1 Å². The van der Waals surface area contributed by atoms with Crippen LogP contribution in [0.3, 0.4) is 0 Å². The van der Waals surface area contributed by atoms with Crippen LogP contribution in [-0.4, -0.2) is 42.3 Å². The molecule has 5 nitrogen and oxygen atoms in total. The molecule has 0 radical (unpaired) electrons. The van der Waals surface area contributed by atoms with Gasteiger partial charge in [0.15, 0.2) is 15.0 Å². The topological polar surface area (TPSA) is 66.8 Å². The van der Waals surface area contributed by atoms with E-state index in [0.717, 1.165) is 18.5 Å². The Bertz CT molecular complexity index is 757. The van der Waals surface area contributed by atoms with Crippen molar-refractivity contribution in [1.29, 1.82) is 0 Å². The monoisotopic (exact) mass is 366 g/mol. The summed E-state index contributed by atoms with van der Waals surface area (Å²) in [6.45, 7) is 4.04. The van der Waals surface area contributed by atoms with Gasteiger partial charge in [-0.05, 0) is 30.5 Å². The summed E-state index contributed by atoms with van der Waals surface area (Å²) < 4.78 is 24.0. The Morgan fingerprint density at radius 3 is 2.58 bits per heavy atom. The second-order valence-electron chi connectivity index (χ2n) is 6.23. The van der Waals surface area contributed by atoms with E-state index in [9.17, 15) is 13.2 Å². The van der Waals surface area contributed by atoms with Crippen LogP contribution in [0.25, 0.3) is 0 Å². The molecule has 2 fully saturated rings. The van der Waals surface area contributed by atoms with Gasteiger partial charge in [-0.15, -0.1) is 0 Å². The lowest BCUT2D eigenvalue weighted by Crippen LogP contribution is -2.37. The van der Waals surface area contributed by atoms with Crippen LogP contribution in [0.15, 0.2) is 29.3 Å². The Balaban J connectivity index is 1.96. The van der Waals surface area contributed by atoms with E-state index in [1.54, 1.807) is 0 Å². The summed E-state index contributed by atoms with van der Waals surface area (Å²) >= 11 is 1.43. The van der Waals surface area contributed by atoms with Crippen LogP contribution in [0.1, 0.15) is 32.3 Å². The first-order valence-electron chi connectivity index (χ1n) is 8.30. The number of benzene rings is 1. The maximum atomic E-state index is 12.0. The third-order valence-electron chi connectivity index (χ3n) is 4.37. The molecule has 1 amide bonds. The largest absolute Gasteiger partial charge is 0.316 e. The standard InChI is InChI=1S/C17H22N2O3S2/c1-3-5-16(20)18-17-19(13-8-6-12(4-2)7-9-13)14-10-24(21,22)11-15(14)23-17/h6-9,14-15H,3-5,10-11H2,1-2H3/t14-,15+/m0/s1. The second-order valence-corrected chi connectivity index (χ2v) is 9.59. The van der Waals surface area contributed by atoms with E-state index in [1.165, 1.54) is 17.3 Å². The molecule has 3 rings (SSSR count). The Morgan fingerprint density at radius 1 is 1.25 bits per heavy atom. The highest BCUT2D eigenvalue weighted by atomic mass is 32.2. The van der Waals surface area contributed by atoms with Crippen molar-refractivity contribution in [2.45, 2.75) is 44.4 Å². The predicted molar refractivity (Wildman–Crippen MR) is 99.5 cm³/mol. The number of aliphatic imine (C=N–C) groups is 1. The van der Waals surface area contributed by atoms with Gasteiger partial charge < -0.3 is 4.90 Å². The number of rotatable bonds is 4. The molecule has 24 heavy (non-hydrogen) atoms. The van der Waals surface area contributed by atoms with Gasteiger partial charge in [0.1, 0.15) is 0 Å². The number of amidine groups is 1. The molecule has 0 spiro atoms. The zero-order valence-electron chi connectivity index (χ0n) is 13.9. The summed E-state index contributed by atoms with van der Waals surface area (Å²) in [6.07, 6.45) is 2.12. The van der Waals surface area contributed by atoms with Crippen LogP contribution in [0, 0.1) is 0 Å². The van der Waals surface area contributed by atoms with Gasteiger partial charge in [-0.2, -0.15) is 4.99 Å². The van der Waals surface area contributed by atoms with E-state index in [1.807, 2.05) is 36.1 Å². The molecule has 2 aliphatic heterocycles. The number of hydrogen-bond acceptors (Lipinski definition) is 4. The molecule has 0 unspecified atom stereocenters. The lowest BCUT2D eigenvalue weighted by atomic mass is 10.1. The molecular weight excluding hydrogens is 344 g/mol. The molecule has 2 heterocycles. The number of carbonyl (C=O) groups excluding carboxylic acids is 1. The summed E-state index contributed by atoms with van der Waals surface area (Å²) in [5.41, 5.74) is 2.13. The van der Waals surface area contributed by atoms with Crippen LogP contribution < -0.4 is 4.90 Å². The highest BCUT2D eigenvalue weighted by Gasteiger charge is 2.49. The fraction of sp³-hybridized carbons (Fsp3) is 0.529. The molecule has 2 aliphatic rings. The van der Waals surface area contributed by atoms with E-state index >= 15 is 0 Å². The Kier molecular flexibility index (Phi) is 5.01. The first-order valence-corrected chi connectivity index (χ1v) is 11.0. The molecule has 0 saturated carbocycles. The van der Waals surface area contributed by atoms with Crippen molar-refractivity contribution in [3.05, 3.63) is 29.8 Å². The van der Waals surface area contributed by atoms with E-state index in [4.69, 9.17) is 0 Å². The summed E-state index contributed by atoms with van der Waals surface area (Å²) in [5, 5.41) is 0.594. The fourth-order valence-electron chi connectivity index (χ4n) is 3.14. The summed E-state index contributed by atoms with van der Waals surface area (Å²) in [7, 11) is -3.02. The van der Waals surface area contributed by atoms with Crippen molar-refractivity contribution >= 4 is 38.4 Å². The van der Waals surface area contributed by atoms with Crippen molar-refractivity contribution < 1.29 is 13.2 Å². The van der Waals surface area contributed by atoms with Gasteiger partial charge in [-0.1, -0.05) is 37.7 Å². The number of sulfone groups is 1. The minimum atomic E-state index is -3.02. The fourth-order valence-corrected chi connectivity index (χ4v) is 7.07.